The molecule has 0 aliphatic heterocycles. The molecule has 2 unspecified atom stereocenters. The molecule has 0 amide bonds. The summed E-state index contributed by atoms with van der Waals surface area (Å²) in [4.78, 5) is 42.6. The number of hydrogen-bond donors (Lipinski definition) is 4. The van der Waals surface area contributed by atoms with Crippen LogP contribution in [0, 0.1) is 0 Å². The van der Waals surface area contributed by atoms with E-state index in [1.54, 1.807) is 0 Å². The zero-order valence-corrected chi connectivity index (χ0v) is 11.0. The number of halogens is 1. The molecule has 2 atom stereocenters. The minimum Gasteiger partial charge on any atom is -0.481 e. The lowest BCUT2D eigenvalue weighted by Crippen LogP contribution is -2.37. The predicted octanol–water partition coefficient (Wildman–Crippen LogP) is -1.94. The van der Waals surface area contributed by atoms with E-state index in [0.717, 1.165) is 0 Å². The predicted molar refractivity (Wildman–Crippen MR) is 64.8 cm³/mol. The van der Waals surface area contributed by atoms with Gasteiger partial charge in [0, 0.05) is 0 Å². The van der Waals surface area contributed by atoms with Gasteiger partial charge in [0.15, 0.2) is 0 Å². The molecule has 20 heavy (non-hydrogen) atoms. The molecule has 116 valence electrons. The Labute approximate surface area is 119 Å². The zero-order chi connectivity index (χ0) is 15.0. The Kier molecular flexibility index (Phi) is 10.2. The number of ether oxygens (including phenoxy) is 2. The van der Waals surface area contributed by atoms with Crippen LogP contribution in [0.4, 0.5) is 0 Å². The number of hydrogen-bond acceptors (Lipinski definition) is 8. The van der Waals surface area contributed by atoms with Crippen LogP contribution in [0.5, 0.6) is 0 Å². The highest BCUT2D eigenvalue weighted by atomic mass is 35.5. The molecule has 0 aromatic carbocycles. The lowest BCUT2D eigenvalue weighted by Gasteiger charge is -2.11. The molecule has 0 aliphatic carbocycles. The summed E-state index contributed by atoms with van der Waals surface area (Å²) in [5, 5.41) is 16.7. The van der Waals surface area contributed by atoms with Gasteiger partial charge in [0.1, 0.15) is 12.1 Å². The molecule has 0 heterocycles. The molecular weight excluding hydrogens is 300 g/mol. The van der Waals surface area contributed by atoms with Crippen LogP contribution < -0.4 is 11.5 Å². The van der Waals surface area contributed by atoms with E-state index in [-0.39, 0.29) is 12.4 Å². The number of rotatable bonds is 8. The Morgan fingerprint density at radius 3 is 1.40 bits per heavy atom. The fourth-order valence-corrected chi connectivity index (χ4v) is 0.903. The first-order valence-electron chi connectivity index (χ1n) is 5.02. The van der Waals surface area contributed by atoms with Gasteiger partial charge < -0.3 is 31.2 Å². The number of aliphatic carboxylic acids is 2. The van der Waals surface area contributed by atoms with E-state index in [2.05, 4.69) is 9.47 Å². The van der Waals surface area contributed by atoms with E-state index >= 15 is 0 Å². The average molecular weight is 315 g/mol. The summed E-state index contributed by atoms with van der Waals surface area (Å²) in [6.45, 7) is -0.821. The Balaban J connectivity index is 0. The molecule has 0 saturated carbocycles. The van der Waals surface area contributed by atoms with Gasteiger partial charge in [-0.25, -0.2) is 0 Å². The molecule has 10 nitrogen and oxygen atoms in total. The second-order valence-electron chi connectivity index (χ2n) is 3.45. The quantitative estimate of drug-likeness (QED) is 0.290. The van der Waals surface area contributed by atoms with Crippen molar-refractivity contribution >= 4 is 36.3 Å². The van der Waals surface area contributed by atoms with Gasteiger partial charge in [0.2, 0.25) is 6.79 Å². The summed E-state index contributed by atoms with van der Waals surface area (Å²) in [5.74, 6) is -4.71. The van der Waals surface area contributed by atoms with E-state index < -0.39 is 55.6 Å². The van der Waals surface area contributed by atoms with Crippen LogP contribution in [0.15, 0.2) is 0 Å². The summed E-state index contributed by atoms with van der Waals surface area (Å²) in [7, 11) is 0. The van der Waals surface area contributed by atoms with Crippen molar-refractivity contribution in [3.63, 3.8) is 0 Å². The highest BCUT2D eigenvalue weighted by molar-refractivity contribution is 5.85. The van der Waals surface area contributed by atoms with E-state index in [0.29, 0.717) is 0 Å². The Morgan fingerprint density at radius 1 is 0.850 bits per heavy atom. The monoisotopic (exact) mass is 314 g/mol. The number of nitrogens with two attached hydrogens (primary N) is 2. The van der Waals surface area contributed by atoms with Gasteiger partial charge in [0.25, 0.3) is 0 Å². The second-order valence-corrected chi connectivity index (χ2v) is 3.45. The topological polar surface area (TPSA) is 179 Å². The van der Waals surface area contributed by atoms with Gasteiger partial charge in [-0.05, 0) is 0 Å². The molecule has 0 fully saturated rings. The first-order valence-corrected chi connectivity index (χ1v) is 5.02. The van der Waals surface area contributed by atoms with Gasteiger partial charge in [0.05, 0.1) is 12.8 Å². The van der Waals surface area contributed by atoms with Crippen LogP contribution in [0.3, 0.4) is 0 Å². The minimum atomic E-state index is -1.39. The summed E-state index contributed by atoms with van der Waals surface area (Å²) >= 11 is 0. The normalized spacial score (nSPS) is 12.5. The third-order valence-corrected chi connectivity index (χ3v) is 1.80. The highest BCUT2D eigenvalue weighted by Crippen LogP contribution is 1.96. The molecule has 0 aromatic heterocycles. The first-order chi connectivity index (χ1) is 8.73. The second kappa shape index (κ2) is 9.95. The largest absolute Gasteiger partial charge is 0.481 e. The third kappa shape index (κ3) is 9.08. The van der Waals surface area contributed by atoms with E-state index in [9.17, 15) is 19.2 Å². The molecule has 0 radical (unpaired) electrons. The summed E-state index contributed by atoms with van der Waals surface area (Å²) in [6, 6.07) is -2.77. The van der Waals surface area contributed by atoms with Crippen molar-refractivity contribution in [2.75, 3.05) is 6.79 Å². The molecule has 0 rings (SSSR count). The number of carboxylic acid groups (broad SMARTS) is 2. The summed E-state index contributed by atoms with van der Waals surface area (Å²) < 4.78 is 8.71. The van der Waals surface area contributed by atoms with Crippen LogP contribution in [-0.2, 0) is 28.7 Å². The maximum Gasteiger partial charge on any atom is 0.326 e. The standard InChI is InChI=1S/C9H14N2O8.ClH/c10-4(1-6(12)13)8(16)18-3-19-9(17)5(11)2-7(14)15;/h4-5H,1-3,10-11H2,(H,12,13)(H,14,15);1H. The third-order valence-electron chi connectivity index (χ3n) is 1.80. The molecule has 0 aliphatic rings. The number of carbonyl (C=O) groups excluding carboxylic acids is 2. The maximum atomic E-state index is 11.1. The van der Waals surface area contributed by atoms with Gasteiger partial charge in [-0.15, -0.1) is 12.4 Å². The Morgan fingerprint density at radius 2 is 1.15 bits per heavy atom. The van der Waals surface area contributed by atoms with Crippen LogP contribution in [0.1, 0.15) is 12.8 Å². The molecule has 0 saturated heterocycles. The van der Waals surface area contributed by atoms with Gasteiger partial charge in [-0.1, -0.05) is 0 Å². The average Bonchev–Trinajstić information content (AvgIpc) is 2.26. The van der Waals surface area contributed by atoms with Crippen molar-refractivity contribution in [3.05, 3.63) is 0 Å². The number of carboxylic acids is 2. The lowest BCUT2D eigenvalue weighted by molar-refractivity contribution is -0.171. The fourth-order valence-electron chi connectivity index (χ4n) is 0.903. The first kappa shape index (κ1) is 20.4. The number of esters is 2. The van der Waals surface area contributed by atoms with Crippen molar-refractivity contribution in [2.24, 2.45) is 11.5 Å². The Bertz CT molecular complexity index is 341. The van der Waals surface area contributed by atoms with E-state index in [1.165, 1.54) is 0 Å². The van der Waals surface area contributed by atoms with Crippen molar-refractivity contribution < 1.29 is 38.9 Å². The van der Waals surface area contributed by atoms with Crippen LogP contribution in [0.25, 0.3) is 0 Å². The van der Waals surface area contributed by atoms with Gasteiger partial charge in [-0.2, -0.15) is 0 Å². The minimum absolute atomic E-state index is 0. The molecular formula is C9H15ClN2O8. The van der Waals surface area contributed by atoms with Crippen LogP contribution in [-0.4, -0.2) is 53.0 Å². The molecule has 0 aromatic rings. The smallest absolute Gasteiger partial charge is 0.326 e. The maximum absolute atomic E-state index is 11.1. The summed E-state index contributed by atoms with van der Waals surface area (Å²) in [5.41, 5.74) is 10.3. The van der Waals surface area contributed by atoms with Gasteiger partial charge in [-0.3, -0.25) is 19.2 Å². The van der Waals surface area contributed by atoms with Crippen LogP contribution in [0.2, 0.25) is 0 Å². The van der Waals surface area contributed by atoms with E-state index in [4.69, 9.17) is 21.7 Å². The van der Waals surface area contributed by atoms with Crippen molar-refractivity contribution in [3.8, 4) is 0 Å². The molecule has 0 spiro atoms. The molecule has 11 heteroatoms. The lowest BCUT2D eigenvalue weighted by atomic mass is 10.2. The zero-order valence-electron chi connectivity index (χ0n) is 10.2. The van der Waals surface area contributed by atoms with Crippen molar-refractivity contribution in [2.45, 2.75) is 24.9 Å². The fraction of sp³-hybridized carbons (Fsp3) is 0.556. The Hall–Kier alpha value is -1.91. The molecule has 0 bridgehead atoms. The highest BCUT2D eigenvalue weighted by Gasteiger charge is 2.21. The van der Waals surface area contributed by atoms with Crippen molar-refractivity contribution in [1.82, 2.24) is 0 Å². The SMILES string of the molecule is Cl.NC(CC(=O)O)C(=O)OCOC(=O)C(N)CC(=O)O. The molecule has 6 N–H and O–H groups in total. The van der Waals surface area contributed by atoms with Crippen molar-refractivity contribution in [1.29, 1.82) is 0 Å². The van der Waals surface area contributed by atoms with E-state index in [1.807, 2.05) is 0 Å². The van der Waals surface area contributed by atoms with Crippen LogP contribution >= 0.6 is 12.4 Å². The number of carbonyl (C=O) groups is 4. The summed E-state index contributed by atoms with van der Waals surface area (Å²) in [6.07, 6.45) is -1.27. The van der Waals surface area contributed by atoms with Gasteiger partial charge >= 0.3 is 23.9 Å².